The van der Waals surface area contributed by atoms with Gasteiger partial charge in [0.2, 0.25) is 0 Å². The van der Waals surface area contributed by atoms with E-state index < -0.39 is 11.9 Å². The maximum absolute atomic E-state index is 12.4. The van der Waals surface area contributed by atoms with Crippen LogP contribution in [0.1, 0.15) is 26.4 Å². The largest absolute Gasteiger partial charge is 0.465 e. The molecule has 0 atom stereocenters. The monoisotopic (exact) mass is 383 g/mol. The van der Waals surface area contributed by atoms with Crippen molar-refractivity contribution in [3.8, 4) is 17.5 Å². The summed E-state index contributed by atoms with van der Waals surface area (Å²) in [5, 5.41) is 29.3. The number of amides is 1. The van der Waals surface area contributed by atoms with Crippen LogP contribution in [-0.4, -0.2) is 44.6 Å². The number of benzene rings is 1. The number of aromatic nitrogens is 5. The smallest absolute Gasteiger partial charge is 0.340 e. The summed E-state index contributed by atoms with van der Waals surface area (Å²) in [4.78, 5) is 24.4. The molecule has 27 heavy (non-hydrogen) atoms. The van der Waals surface area contributed by atoms with Crippen molar-refractivity contribution in [3.63, 3.8) is 0 Å². The Hall–Kier alpha value is -3.84. The van der Waals surface area contributed by atoms with Gasteiger partial charge in [-0.3, -0.25) is 9.89 Å². The molecule has 0 saturated heterocycles. The lowest BCUT2D eigenvalue weighted by atomic mass is 10.1. The van der Waals surface area contributed by atoms with Crippen molar-refractivity contribution >= 4 is 29.2 Å². The van der Waals surface area contributed by atoms with Crippen LogP contribution < -0.4 is 5.32 Å². The molecule has 0 bridgehead atoms. The molecule has 0 unspecified atom stereocenters. The summed E-state index contributed by atoms with van der Waals surface area (Å²) in [6.45, 7) is 0. The van der Waals surface area contributed by atoms with Gasteiger partial charge in [0.25, 0.3) is 5.91 Å². The summed E-state index contributed by atoms with van der Waals surface area (Å²) in [6.07, 6.45) is 1.53. The number of anilines is 1. The molecule has 11 heteroatoms. The maximum Gasteiger partial charge on any atom is 0.340 e. The van der Waals surface area contributed by atoms with Gasteiger partial charge in [0.15, 0.2) is 5.69 Å². The molecule has 134 valence electrons. The Balaban J connectivity index is 1.88. The molecule has 1 amide bonds. The van der Waals surface area contributed by atoms with E-state index in [0.29, 0.717) is 11.4 Å². The van der Waals surface area contributed by atoms with Crippen LogP contribution in [0.25, 0.3) is 11.4 Å². The highest BCUT2D eigenvalue weighted by atomic mass is 35.5. The Bertz CT molecular complexity index is 1040. The topological polar surface area (TPSA) is 147 Å². The number of nitriles is 1. The Kier molecular flexibility index (Phi) is 5.05. The number of halogens is 1. The molecule has 1 aromatic carbocycles. The highest BCUT2D eigenvalue weighted by molar-refractivity contribution is 6.32. The van der Waals surface area contributed by atoms with Gasteiger partial charge < -0.3 is 10.1 Å². The second-order valence-corrected chi connectivity index (χ2v) is 5.50. The number of methoxy groups -OCH3 is 1. The number of nitrogens with one attached hydrogen (secondary N) is 2. The zero-order chi connectivity index (χ0) is 19.4. The fraction of sp³-hybridized carbons (Fsp3) is 0.0625. The van der Waals surface area contributed by atoms with Crippen molar-refractivity contribution in [1.82, 2.24) is 25.6 Å². The first-order valence-corrected chi connectivity index (χ1v) is 7.75. The fourth-order valence-corrected chi connectivity index (χ4v) is 2.35. The van der Waals surface area contributed by atoms with E-state index in [1.165, 1.54) is 31.5 Å². The van der Waals surface area contributed by atoms with Crippen molar-refractivity contribution < 1.29 is 14.3 Å². The third-order valence-corrected chi connectivity index (χ3v) is 3.77. The van der Waals surface area contributed by atoms with Gasteiger partial charge in [-0.1, -0.05) is 16.8 Å². The molecular weight excluding hydrogens is 374 g/mol. The van der Waals surface area contributed by atoms with E-state index in [1.54, 1.807) is 6.07 Å². The highest BCUT2D eigenvalue weighted by Crippen LogP contribution is 2.26. The molecule has 2 aromatic heterocycles. The summed E-state index contributed by atoms with van der Waals surface area (Å²) in [5.41, 5.74) is 1.04. The lowest BCUT2D eigenvalue weighted by molar-refractivity contribution is 0.0602. The molecule has 0 aliphatic rings. The van der Waals surface area contributed by atoms with Gasteiger partial charge in [0.05, 0.1) is 35.1 Å². The quantitative estimate of drug-likeness (QED) is 0.648. The van der Waals surface area contributed by atoms with Crippen molar-refractivity contribution in [3.05, 3.63) is 52.3 Å². The molecule has 0 radical (unpaired) electrons. The van der Waals surface area contributed by atoms with E-state index in [-0.39, 0.29) is 27.5 Å². The number of ether oxygens (including phenoxy) is 1. The van der Waals surface area contributed by atoms with Gasteiger partial charge in [-0.25, -0.2) is 4.79 Å². The van der Waals surface area contributed by atoms with Gasteiger partial charge in [-0.15, -0.1) is 15.3 Å². The standard InChI is InChI=1S/C16H10ClN7O3/c1-27-16(26)9-4-8(6-18)10(17)5-13(9)20-15(25)12-3-2-11(21-22-12)14-7-19-24-23-14/h2-5,7H,1H3,(H,20,25)(H,19,23,24). The third kappa shape index (κ3) is 3.73. The Morgan fingerprint density at radius 3 is 2.63 bits per heavy atom. The van der Waals surface area contributed by atoms with Crippen LogP contribution in [0.3, 0.4) is 0 Å². The molecular formula is C16H10ClN7O3. The number of H-pyrrole nitrogens is 1. The number of carbonyl (C=O) groups is 2. The van der Waals surface area contributed by atoms with Gasteiger partial charge in [-0.05, 0) is 24.3 Å². The van der Waals surface area contributed by atoms with E-state index in [1.807, 2.05) is 6.07 Å². The normalized spacial score (nSPS) is 10.1. The average Bonchev–Trinajstić information content (AvgIpc) is 3.22. The molecule has 10 nitrogen and oxygen atoms in total. The van der Waals surface area contributed by atoms with Crippen LogP contribution in [0.2, 0.25) is 5.02 Å². The van der Waals surface area contributed by atoms with Crippen molar-refractivity contribution in [2.75, 3.05) is 12.4 Å². The van der Waals surface area contributed by atoms with E-state index in [2.05, 4.69) is 35.7 Å². The number of carbonyl (C=O) groups excluding carboxylic acids is 2. The van der Waals surface area contributed by atoms with Gasteiger partial charge in [0.1, 0.15) is 17.5 Å². The number of nitrogens with zero attached hydrogens (tertiary/aromatic N) is 5. The maximum atomic E-state index is 12.4. The van der Waals surface area contributed by atoms with E-state index in [4.69, 9.17) is 16.9 Å². The first-order chi connectivity index (χ1) is 13.0. The van der Waals surface area contributed by atoms with Crippen LogP contribution in [0.15, 0.2) is 30.5 Å². The van der Waals surface area contributed by atoms with E-state index >= 15 is 0 Å². The zero-order valence-electron chi connectivity index (χ0n) is 13.7. The first kappa shape index (κ1) is 18.0. The summed E-state index contributed by atoms with van der Waals surface area (Å²) >= 11 is 5.99. The van der Waals surface area contributed by atoms with Crippen molar-refractivity contribution in [2.45, 2.75) is 0 Å². The molecule has 2 heterocycles. The molecule has 3 aromatic rings. The second-order valence-electron chi connectivity index (χ2n) is 5.10. The zero-order valence-corrected chi connectivity index (χ0v) is 14.5. The van der Waals surface area contributed by atoms with Gasteiger partial charge >= 0.3 is 5.97 Å². The minimum atomic E-state index is -0.731. The molecule has 0 spiro atoms. The Labute approximate surface area is 157 Å². The second kappa shape index (κ2) is 7.59. The summed E-state index contributed by atoms with van der Waals surface area (Å²) < 4.78 is 4.67. The minimum absolute atomic E-state index is 0.00135. The van der Waals surface area contributed by atoms with Crippen LogP contribution >= 0.6 is 11.6 Å². The summed E-state index contributed by atoms with van der Waals surface area (Å²) in [6, 6.07) is 7.38. The molecule has 0 aliphatic heterocycles. The number of hydrogen-bond acceptors (Lipinski definition) is 8. The molecule has 3 rings (SSSR count). The van der Waals surface area contributed by atoms with Crippen molar-refractivity contribution in [2.24, 2.45) is 0 Å². The fourth-order valence-electron chi connectivity index (χ4n) is 2.14. The molecule has 0 aliphatic carbocycles. The van der Waals surface area contributed by atoms with Crippen LogP contribution in [0, 0.1) is 11.3 Å². The predicted molar refractivity (Wildman–Crippen MR) is 92.9 cm³/mol. The van der Waals surface area contributed by atoms with Crippen LogP contribution in [0.5, 0.6) is 0 Å². The Morgan fingerprint density at radius 2 is 2.04 bits per heavy atom. The first-order valence-electron chi connectivity index (χ1n) is 7.37. The predicted octanol–water partition coefficient (Wildman–Crippen LogP) is 1.83. The summed E-state index contributed by atoms with van der Waals surface area (Å²) in [5.74, 6) is -1.36. The lowest BCUT2D eigenvalue weighted by Crippen LogP contribution is -2.17. The van der Waals surface area contributed by atoms with Crippen molar-refractivity contribution in [1.29, 1.82) is 5.26 Å². The molecule has 0 fully saturated rings. The highest BCUT2D eigenvalue weighted by Gasteiger charge is 2.19. The minimum Gasteiger partial charge on any atom is -0.465 e. The van der Waals surface area contributed by atoms with Gasteiger partial charge in [0, 0.05) is 0 Å². The SMILES string of the molecule is COC(=O)c1cc(C#N)c(Cl)cc1NC(=O)c1ccc(-c2c[nH]nn2)nn1. The van der Waals surface area contributed by atoms with Crippen LogP contribution in [-0.2, 0) is 4.74 Å². The van der Waals surface area contributed by atoms with E-state index in [0.717, 1.165) is 0 Å². The number of hydrogen-bond donors (Lipinski definition) is 2. The lowest BCUT2D eigenvalue weighted by Gasteiger charge is -2.11. The number of aromatic amines is 1. The summed E-state index contributed by atoms with van der Waals surface area (Å²) in [7, 11) is 1.18. The number of rotatable bonds is 4. The molecule has 0 saturated carbocycles. The average molecular weight is 384 g/mol. The Morgan fingerprint density at radius 1 is 1.22 bits per heavy atom. The van der Waals surface area contributed by atoms with Crippen LogP contribution in [0.4, 0.5) is 5.69 Å². The van der Waals surface area contributed by atoms with E-state index in [9.17, 15) is 9.59 Å². The van der Waals surface area contributed by atoms with Gasteiger partial charge in [-0.2, -0.15) is 5.26 Å². The number of esters is 1. The third-order valence-electron chi connectivity index (χ3n) is 3.46. The molecule has 2 N–H and O–H groups in total.